The molecule has 0 bridgehead atoms. The average Bonchev–Trinajstić information content (AvgIpc) is 2.19. The molecule has 1 rings (SSSR count). The molecule has 78 valence electrons. The molecular weight excluding hydrogens is 162 g/mol. The lowest BCUT2D eigenvalue weighted by Gasteiger charge is -2.23. The van der Waals surface area contributed by atoms with Gasteiger partial charge in [-0.05, 0) is 45.6 Å². The molecule has 0 radical (unpaired) electrons. The zero-order valence-corrected chi connectivity index (χ0v) is 9.01. The molecule has 0 amide bonds. The third-order valence-electron chi connectivity index (χ3n) is 2.85. The van der Waals surface area contributed by atoms with Crippen LogP contribution in [-0.4, -0.2) is 25.3 Å². The largest absolute Gasteiger partial charge is 0.378 e. The minimum absolute atomic E-state index is 0.533. The molecule has 1 saturated heterocycles. The smallest absolute Gasteiger partial charge is 0.0587 e. The zero-order valence-electron chi connectivity index (χ0n) is 9.01. The van der Waals surface area contributed by atoms with Gasteiger partial charge in [-0.25, -0.2) is 0 Å². The Morgan fingerprint density at radius 3 is 2.92 bits per heavy atom. The fraction of sp³-hybridized carbons (Fsp3) is 1.00. The molecule has 0 aromatic heterocycles. The molecule has 0 aromatic rings. The van der Waals surface area contributed by atoms with Gasteiger partial charge in [-0.3, -0.25) is 0 Å². The molecule has 2 unspecified atom stereocenters. The van der Waals surface area contributed by atoms with E-state index in [-0.39, 0.29) is 0 Å². The zero-order chi connectivity index (χ0) is 9.52. The monoisotopic (exact) mass is 185 g/mol. The summed E-state index contributed by atoms with van der Waals surface area (Å²) < 4.78 is 5.65. The van der Waals surface area contributed by atoms with Gasteiger partial charge in [0, 0.05) is 12.6 Å². The highest BCUT2D eigenvalue weighted by Gasteiger charge is 2.12. The van der Waals surface area contributed by atoms with Crippen molar-refractivity contribution in [2.75, 3.05) is 13.2 Å². The number of nitrogens with one attached hydrogen (secondary N) is 1. The molecule has 13 heavy (non-hydrogen) atoms. The van der Waals surface area contributed by atoms with E-state index in [4.69, 9.17) is 4.74 Å². The Hall–Kier alpha value is -0.0800. The molecule has 1 aliphatic heterocycles. The highest BCUT2D eigenvalue weighted by atomic mass is 16.5. The Labute approximate surface area is 82.0 Å². The van der Waals surface area contributed by atoms with Crippen molar-refractivity contribution in [1.29, 1.82) is 0 Å². The van der Waals surface area contributed by atoms with Crippen LogP contribution in [0.3, 0.4) is 0 Å². The third-order valence-corrected chi connectivity index (χ3v) is 2.85. The second-order valence-corrected chi connectivity index (χ2v) is 4.04. The Kier molecular flexibility index (Phi) is 5.40. The predicted molar refractivity (Wildman–Crippen MR) is 56.0 cm³/mol. The van der Waals surface area contributed by atoms with Crippen LogP contribution in [0.2, 0.25) is 0 Å². The highest BCUT2D eigenvalue weighted by Crippen LogP contribution is 2.14. The molecule has 1 aliphatic rings. The SMILES string of the molecule is CCC(C)NCCC1CCCCO1. The molecule has 0 saturated carbocycles. The first-order valence-corrected chi connectivity index (χ1v) is 5.68. The number of ether oxygens (including phenoxy) is 1. The second kappa shape index (κ2) is 6.39. The van der Waals surface area contributed by atoms with E-state index in [1.807, 2.05) is 0 Å². The summed E-state index contributed by atoms with van der Waals surface area (Å²) in [5, 5.41) is 3.50. The van der Waals surface area contributed by atoms with Crippen LogP contribution in [0.15, 0.2) is 0 Å². The maximum atomic E-state index is 5.65. The number of hydrogen-bond acceptors (Lipinski definition) is 2. The molecule has 1 heterocycles. The molecule has 0 aromatic carbocycles. The summed E-state index contributed by atoms with van der Waals surface area (Å²) in [6.45, 7) is 6.55. The first-order chi connectivity index (χ1) is 6.33. The molecule has 2 atom stereocenters. The van der Waals surface area contributed by atoms with Crippen LogP contribution < -0.4 is 5.32 Å². The Bertz CT molecular complexity index is 121. The maximum absolute atomic E-state index is 5.65. The number of rotatable bonds is 5. The third kappa shape index (κ3) is 4.63. The molecule has 1 N–H and O–H groups in total. The van der Waals surface area contributed by atoms with Crippen molar-refractivity contribution < 1.29 is 4.74 Å². The van der Waals surface area contributed by atoms with E-state index in [2.05, 4.69) is 19.2 Å². The van der Waals surface area contributed by atoms with E-state index < -0.39 is 0 Å². The van der Waals surface area contributed by atoms with Gasteiger partial charge in [0.1, 0.15) is 0 Å². The van der Waals surface area contributed by atoms with Gasteiger partial charge < -0.3 is 10.1 Å². The van der Waals surface area contributed by atoms with E-state index >= 15 is 0 Å². The van der Waals surface area contributed by atoms with Gasteiger partial charge in [0.25, 0.3) is 0 Å². The normalized spacial score (nSPS) is 25.8. The topological polar surface area (TPSA) is 21.3 Å². The second-order valence-electron chi connectivity index (χ2n) is 4.04. The summed E-state index contributed by atoms with van der Waals surface area (Å²) >= 11 is 0. The van der Waals surface area contributed by atoms with Gasteiger partial charge in [0.2, 0.25) is 0 Å². The summed E-state index contributed by atoms with van der Waals surface area (Å²) in [4.78, 5) is 0. The minimum atomic E-state index is 0.533. The molecular formula is C11H23NO. The summed E-state index contributed by atoms with van der Waals surface area (Å²) in [6.07, 6.45) is 6.81. The molecule has 0 aliphatic carbocycles. The highest BCUT2D eigenvalue weighted by molar-refractivity contribution is 4.66. The van der Waals surface area contributed by atoms with E-state index in [9.17, 15) is 0 Å². The van der Waals surface area contributed by atoms with Gasteiger partial charge in [-0.1, -0.05) is 6.92 Å². The molecule has 0 spiro atoms. The first kappa shape index (κ1) is 11.0. The summed E-state index contributed by atoms with van der Waals surface area (Å²) in [5.41, 5.74) is 0. The van der Waals surface area contributed by atoms with Crippen LogP contribution in [0.4, 0.5) is 0 Å². The van der Waals surface area contributed by atoms with E-state index in [1.165, 1.54) is 32.1 Å². The van der Waals surface area contributed by atoms with E-state index in [0.29, 0.717) is 12.1 Å². The Balaban J connectivity index is 1.98. The fourth-order valence-corrected chi connectivity index (χ4v) is 1.67. The fourth-order valence-electron chi connectivity index (χ4n) is 1.67. The van der Waals surface area contributed by atoms with Crippen molar-refractivity contribution >= 4 is 0 Å². The van der Waals surface area contributed by atoms with E-state index in [0.717, 1.165) is 13.2 Å². The van der Waals surface area contributed by atoms with Crippen LogP contribution >= 0.6 is 0 Å². The number of hydrogen-bond donors (Lipinski definition) is 1. The standard InChI is InChI=1S/C11H23NO/c1-3-10(2)12-8-7-11-6-4-5-9-13-11/h10-12H,3-9H2,1-2H3. The lowest BCUT2D eigenvalue weighted by molar-refractivity contribution is 0.0112. The van der Waals surface area contributed by atoms with E-state index in [1.54, 1.807) is 0 Å². The van der Waals surface area contributed by atoms with Gasteiger partial charge in [0.15, 0.2) is 0 Å². The van der Waals surface area contributed by atoms with Gasteiger partial charge >= 0.3 is 0 Å². The van der Waals surface area contributed by atoms with Crippen molar-refractivity contribution in [3.63, 3.8) is 0 Å². The van der Waals surface area contributed by atoms with Gasteiger partial charge in [-0.2, -0.15) is 0 Å². The maximum Gasteiger partial charge on any atom is 0.0587 e. The van der Waals surface area contributed by atoms with Gasteiger partial charge in [-0.15, -0.1) is 0 Å². The Morgan fingerprint density at radius 1 is 1.46 bits per heavy atom. The summed E-state index contributed by atoms with van der Waals surface area (Å²) in [6, 6.07) is 0.656. The average molecular weight is 185 g/mol. The van der Waals surface area contributed by atoms with Crippen molar-refractivity contribution in [3.8, 4) is 0 Å². The van der Waals surface area contributed by atoms with Crippen molar-refractivity contribution in [1.82, 2.24) is 5.32 Å². The predicted octanol–water partition coefficient (Wildman–Crippen LogP) is 2.33. The van der Waals surface area contributed by atoms with Crippen LogP contribution in [0, 0.1) is 0 Å². The van der Waals surface area contributed by atoms with Crippen LogP contribution in [-0.2, 0) is 4.74 Å². The first-order valence-electron chi connectivity index (χ1n) is 5.68. The Morgan fingerprint density at radius 2 is 2.31 bits per heavy atom. The van der Waals surface area contributed by atoms with Crippen LogP contribution in [0.25, 0.3) is 0 Å². The van der Waals surface area contributed by atoms with Crippen molar-refractivity contribution in [2.45, 2.75) is 58.1 Å². The van der Waals surface area contributed by atoms with Crippen LogP contribution in [0.5, 0.6) is 0 Å². The minimum Gasteiger partial charge on any atom is -0.378 e. The van der Waals surface area contributed by atoms with Crippen molar-refractivity contribution in [2.24, 2.45) is 0 Å². The lowest BCUT2D eigenvalue weighted by atomic mass is 10.1. The molecule has 2 heteroatoms. The molecule has 1 fully saturated rings. The van der Waals surface area contributed by atoms with Crippen molar-refractivity contribution in [3.05, 3.63) is 0 Å². The summed E-state index contributed by atoms with van der Waals surface area (Å²) in [5.74, 6) is 0. The van der Waals surface area contributed by atoms with Crippen LogP contribution in [0.1, 0.15) is 46.0 Å². The molecule has 2 nitrogen and oxygen atoms in total. The quantitative estimate of drug-likeness (QED) is 0.710. The van der Waals surface area contributed by atoms with Gasteiger partial charge in [0.05, 0.1) is 6.10 Å². The summed E-state index contributed by atoms with van der Waals surface area (Å²) in [7, 11) is 0. The lowest BCUT2D eigenvalue weighted by Crippen LogP contribution is -2.30.